The van der Waals surface area contributed by atoms with Crippen LogP contribution >= 0.6 is 0 Å². The Bertz CT molecular complexity index is 373. The Hall–Kier alpha value is -1.46. The Kier molecular flexibility index (Phi) is 3.17. The van der Waals surface area contributed by atoms with E-state index in [9.17, 15) is 4.79 Å². The maximum Gasteiger partial charge on any atom is 0.303 e. The molecule has 1 unspecified atom stereocenters. The number of carboxylic acid groups (broad SMARTS) is 1. The fourth-order valence-corrected chi connectivity index (χ4v) is 1.96. The van der Waals surface area contributed by atoms with Crippen LogP contribution in [0.4, 0.5) is 0 Å². The van der Waals surface area contributed by atoms with Crippen molar-refractivity contribution in [2.45, 2.75) is 45.1 Å². The zero-order valence-electron chi connectivity index (χ0n) is 9.33. The van der Waals surface area contributed by atoms with E-state index in [2.05, 4.69) is 15.5 Å². The van der Waals surface area contributed by atoms with Crippen molar-refractivity contribution in [1.82, 2.24) is 20.2 Å². The van der Waals surface area contributed by atoms with E-state index in [1.54, 1.807) is 4.68 Å². The molecule has 0 spiro atoms. The molecule has 1 aromatic heterocycles. The van der Waals surface area contributed by atoms with Crippen molar-refractivity contribution in [3.8, 4) is 0 Å². The van der Waals surface area contributed by atoms with Crippen LogP contribution in [-0.2, 0) is 11.3 Å². The van der Waals surface area contributed by atoms with Gasteiger partial charge in [-0.3, -0.25) is 4.79 Å². The number of carboxylic acids is 1. The molecule has 1 atom stereocenters. The lowest BCUT2D eigenvalue weighted by Gasteiger charge is -2.24. The van der Waals surface area contributed by atoms with Crippen LogP contribution in [-0.4, -0.2) is 31.3 Å². The molecule has 0 aliphatic heterocycles. The van der Waals surface area contributed by atoms with Crippen LogP contribution < -0.4 is 0 Å². The minimum absolute atomic E-state index is 0.0554. The third kappa shape index (κ3) is 2.37. The highest BCUT2D eigenvalue weighted by Gasteiger charge is 2.25. The summed E-state index contributed by atoms with van der Waals surface area (Å²) in [6.45, 7) is 2.49. The summed E-state index contributed by atoms with van der Waals surface area (Å²) in [6, 6.07) is 0. The first-order valence-corrected chi connectivity index (χ1v) is 5.64. The number of rotatable bonds is 5. The molecule has 16 heavy (non-hydrogen) atoms. The molecule has 1 aliphatic carbocycles. The lowest BCUT2D eigenvalue weighted by molar-refractivity contribution is -0.138. The van der Waals surface area contributed by atoms with Crippen LogP contribution in [0.2, 0.25) is 0 Å². The standard InChI is InChI=1S/C10H16N4O2/c1-7(5-9(15)16)6-14-10(11-12-13-14)8-3-2-4-8/h7-8H,2-6H2,1H3,(H,15,16). The summed E-state index contributed by atoms with van der Waals surface area (Å²) in [4.78, 5) is 10.6. The van der Waals surface area contributed by atoms with Crippen LogP contribution in [0.25, 0.3) is 0 Å². The van der Waals surface area contributed by atoms with E-state index >= 15 is 0 Å². The summed E-state index contributed by atoms with van der Waals surface area (Å²) in [6.07, 6.45) is 3.69. The highest BCUT2D eigenvalue weighted by molar-refractivity contribution is 5.66. The molecule has 1 aromatic rings. The Balaban J connectivity index is 1.97. The molecule has 6 nitrogen and oxygen atoms in total. The van der Waals surface area contributed by atoms with Gasteiger partial charge in [-0.2, -0.15) is 0 Å². The van der Waals surface area contributed by atoms with Crippen molar-refractivity contribution < 1.29 is 9.90 Å². The normalized spacial score (nSPS) is 18.1. The van der Waals surface area contributed by atoms with Crippen LogP contribution in [0.1, 0.15) is 44.3 Å². The number of carbonyl (C=O) groups is 1. The van der Waals surface area contributed by atoms with Crippen LogP contribution in [0.15, 0.2) is 0 Å². The van der Waals surface area contributed by atoms with E-state index in [4.69, 9.17) is 5.11 Å². The smallest absolute Gasteiger partial charge is 0.303 e. The number of tetrazole rings is 1. The van der Waals surface area contributed by atoms with Gasteiger partial charge in [0.25, 0.3) is 0 Å². The topological polar surface area (TPSA) is 80.9 Å². The Morgan fingerprint density at radius 1 is 1.62 bits per heavy atom. The molecule has 1 fully saturated rings. The van der Waals surface area contributed by atoms with Crippen LogP contribution in [0, 0.1) is 5.92 Å². The molecule has 1 aliphatic rings. The molecule has 0 saturated heterocycles. The third-order valence-corrected chi connectivity index (χ3v) is 3.04. The number of nitrogens with zero attached hydrogens (tertiary/aromatic N) is 4. The molecule has 0 aromatic carbocycles. The van der Waals surface area contributed by atoms with Crippen molar-refractivity contribution in [2.75, 3.05) is 0 Å². The van der Waals surface area contributed by atoms with Gasteiger partial charge in [0, 0.05) is 18.9 Å². The minimum atomic E-state index is -0.772. The van der Waals surface area contributed by atoms with E-state index in [1.807, 2.05) is 6.92 Å². The summed E-state index contributed by atoms with van der Waals surface area (Å²) in [7, 11) is 0. The van der Waals surface area contributed by atoms with Gasteiger partial charge in [0.05, 0.1) is 0 Å². The first-order chi connectivity index (χ1) is 7.66. The minimum Gasteiger partial charge on any atom is -0.481 e. The molecule has 1 N–H and O–H groups in total. The first-order valence-electron chi connectivity index (χ1n) is 5.64. The molecule has 88 valence electrons. The van der Waals surface area contributed by atoms with Gasteiger partial charge in [0.2, 0.25) is 0 Å². The molecular formula is C10H16N4O2. The number of aromatic nitrogens is 4. The Morgan fingerprint density at radius 3 is 2.94 bits per heavy atom. The molecule has 1 saturated carbocycles. The largest absolute Gasteiger partial charge is 0.481 e. The highest BCUT2D eigenvalue weighted by atomic mass is 16.4. The highest BCUT2D eigenvalue weighted by Crippen LogP contribution is 2.34. The summed E-state index contributed by atoms with van der Waals surface area (Å²) in [5, 5.41) is 20.3. The second-order valence-electron chi connectivity index (χ2n) is 4.55. The first kappa shape index (κ1) is 11.0. The molecule has 0 amide bonds. The Morgan fingerprint density at radius 2 is 2.38 bits per heavy atom. The summed E-state index contributed by atoms with van der Waals surface area (Å²) in [5.41, 5.74) is 0. The quantitative estimate of drug-likeness (QED) is 0.808. The number of hydrogen-bond donors (Lipinski definition) is 1. The predicted octanol–water partition coefficient (Wildman–Crippen LogP) is 1.05. The summed E-state index contributed by atoms with van der Waals surface area (Å²) >= 11 is 0. The van der Waals surface area contributed by atoms with Gasteiger partial charge in [0.1, 0.15) is 0 Å². The van der Waals surface area contributed by atoms with Gasteiger partial charge in [-0.15, -0.1) is 5.10 Å². The van der Waals surface area contributed by atoms with Gasteiger partial charge >= 0.3 is 5.97 Å². The molecule has 1 heterocycles. The van der Waals surface area contributed by atoms with Gasteiger partial charge in [-0.1, -0.05) is 13.3 Å². The predicted molar refractivity (Wildman–Crippen MR) is 55.8 cm³/mol. The fourth-order valence-electron chi connectivity index (χ4n) is 1.96. The Labute approximate surface area is 93.6 Å². The van der Waals surface area contributed by atoms with Crippen molar-refractivity contribution >= 4 is 5.97 Å². The van der Waals surface area contributed by atoms with Crippen LogP contribution in [0.3, 0.4) is 0 Å². The average Bonchev–Trinajstić information content (AvgIpc) is 2.48. The van der Waals surface area contributed by atoms with Gasteiger partial charge in [0.15, 0.2) is 5.82 Å². The van der Waals surface area contributed by atoms with Crippen molar-refractivity contribution in [3.05, 3.63) is 5.82 Å². The average molecular weight is 224 g/mol. The molecule has 2 rings (SSSR count). The molecule has 0 bridgehead atoms. The summed E-state index contributed by atoms with van der Waals surface area (Å²) in [5.74, 6) is 0.682. The second-order valence-corrected chi connectivity index (χ2v) is 4.55. The molecule has 6 heteroatoms. The van der Waals surface area contributed by atoms with E-state index in [-0.39, 0.29) is 12.3 Å². The van der Waals surface area contributed by atoms with Gasteiger partial charge in [-0.25, -0.2) is 4.68 Å². The zero-order chi connectivity index (χ0) is 11.5. The van der Waals surface area contributed by atoms with E-state index in [0.717, 1.165) is 18.7 Å². The molecule has 0 radical (unpaired) electrons. The van der Waals surface area contributed by atoms with Crippen molar-refractivity contribution in [2.24, 2.45) is 5.92 Å². The molecular weight excluding hydrogens is 208 g/mol. The number of hydrogen-bond acceptors (Lipinski definition) is 4. The van der Waals surface area contributed by atoms with Crippen molar-refractivity contribution in [1.29, 1.82) is 0 Å². The summed E-state index contributed by atoms with van der Waals surface area (Å²) < 4.78 is 1.76. The maximum atomic E-state index is 10.6. The van der Waals surface area contributed by atoms with Gasteiger partial charge in [-0.05, 0) is 29.2 Å². The second kappa shape index (κ2) is 4.59. The lowest BCUT2D eigenvalue weighted by atomic mass is 9.85. The number of aliphatic carboxylic acids is 1. The van der Waals surface area contributed by atoms with E-state index in [1.165, 1.54) is 6.42 Å². The zero-order valence-corrected chi connectivity index (χ0v) is 9.33. The lowest BCUT2D eigenvalue weighted by Crippen LogP contribution is -2.20. The van der Waals surface area contributed by atoms with E-state index < -0.39 is 5.97 Å². The van der Waals surface area contributed by atoms with Crippen LogP contribution in [0.5, 0.6) is 0 Å². The van der Waals surface area contributed by atoms with Gasteiger partial charge < -0.3 is 5.11 Å². The van der Waals surface area contributed by atoms with E-state index in [0.29, 0.717) is 12.5 Å². The SMILES string of the molecule is CC(CC(=O)O)Cn1nnnc1C1CCC1. The third-order valence-electron chi connectivity index (χ3n) is 3.04. The fraction of sp³-hybridized carbons (Fsp3) is 0.800. The maximum absolute atomic E-state index is 10.6. The van der Waals surface area contributed by atoms with Crippen molar-refractivity contribution in [3.63, 3.8) is 0 Å². The monoisotopic (exact) mass is 224 g/mol.